The Morgan fingerprint density at radius 2 is 1.79 bits per heavy atom. The first-order chi connectivity index (χ1) is 18.3. The lowest BCUT2D eigenvalue weighted by atomic mass is 9.90. The number of aromatic hydroxyl groups is 1. The van der Waals surface area contributed by atoms with E-state index in [2.05, 4.69) is 41.5 Å². The van der Waals surface area contributed by atoms with Crippen LogP contribution in [0.2, 0.25) is 0 Å². The van der Waals surface area contributed by atoms with Crippen molar-refractivity contribution in [2.24, 2.45) is 0 Å². The number of nitrogens with one attached hydrogen (secondary N) is 2. The molecule has 0 saturated heterocycles. The third kappa shape index (κ3) is 7.19. The van der Waals surface area contributed by atoms with E-state index < -0.39 is 22.6 Å². The maximum absolute atomic E-state index is 13.5. The highest BCUT2D eigenvalue weighted by Crippen LogP contribution is 2.32. The van der Waals surface area contributed by atoms with E-state index >= 15 is 0 Å². The third-order valence-corrected chi connectivity index (χ3v) is 8.16. The SMILES string of the molecule is CN(C)[C@H]1CC[C@@H](Nc2cccc3c2cc(C#CCNc2ccc(S(C)(=O)=O)cc2O)n3CC(F)(F)F)CC1. The number of aromatic nitrogens is 1. The Hall–Kier alpha value is -3.36. The summed E-state index contributed by atoms with van der Waals surface area (Å²) in [6.07, 6.45) is 0.703. The number of rotatable bonds is 7. The Morgan fingerprint density at radius 3 is 2.41 bits per heavy atom. The lowest BCUT2D eigenvalue weighted by molar-refractivity contribution is -0.140. The van der Waals surface area contributed by atoms with E-state index in [0.717, 1.165) is 43.7 Å². The molecule has 11 heteroatoms. The molecule has 1 heterocycles. The minimum atomic E-state index is -4.43. The predicted molar refractivity (Wildman–Crippen MR) is 148 cm³/mol. The Bertz CT molecular complexity index is 1500. The number of phenolic OH excluding ortho intramolecular Hbond substituents is 1. The largest absolute Gasteiger partial charge is 0.506 e. The summed E-state index contributed by atoms with van der Waals surface area (Å²) in [4.78, 5) is 2.21. The van der Waals surface area contributed by atoms with E-state index in [1.165, 1.54) is 16.7 Å². The van der Waals surface area contributed by atoms with E-state index in [0.29, 0.717) is 16.9 Å². The number of phenols is 1. The van der Waals surface area contributed by atoms with Crippen molar-refractivity contribution in [2.75, 3.05) is 37.5 Å². The van der Waals surface area contributed by atoms with Gasteiger partial charge in [0.1, 0.15) is 12.3 Å². The van der Waals surface area contributed by atoms with Crippen molar-refractivity contribution in [3.63, 3.8) is 0 Å². The van der Waals surface area contributed by atoms with Gasteiger partial charge in [0.05, 0.1) is 28.3 Å². The molecule has 1 aliphatic carbocycles. The van der Waals surface area contributed by atoms with Gasteiger partial charge in [-0.1, -0.05) is 12.0 Å². The summed E-state index contributed by atoms with van der Waals surface area (Å²) < 4.78 is 65.0. The summed E-state index contributed by atoms with van der Waals surface area (Å²) in [6, 6.07) is 11.7. The van der Waals surface area contributed by atoms with Crippen LogP contribution < -0.4 is 10.6 Å². The molecule has 3 N–H and O–H groups in total. The van der Waals surface area contributed by atoms with Crippen molar-refractivity contribution in [1.29, 1.82) is 0 Å². The molecule has 2 aromatic carbocycles. The second-order valence-electron chi connectivity index (χ2n) is 10.2. The van der Waals surface area contributed by atoms with E-state index in [9.17, 15) is 26.7 Å². The molecule has 1 aromatic heterocycles. The molecule has 4 rings (SSSR count). The molecule has 210 valence electrons. The van der Waals surface area contributed by atoms with Crippen LogP contribution in [-0.4, -0.2) is 68.1 Å². The molecule has 1 fully saturated rings. The van der Waals surface area contributed by atoms with Crippen LogP contribution in [0, 0.1) is 11.8 Å². The van der Waals surface area contributed by atoms with Gasteiger partial charge in [0, 0.05) is 35.5 Å². The first-order valence-electron chi connectivity index (χ1n) is 12.7. The Labute approximate surface area is 226 Å². The van der Waals surface area contributed by atoms with Crippen LogP contribution in [0.1, 0.15) is 31.4 Å². The summed E-state index contributed by atoms with van der Waals surface area (Å²) in [5, 5.41) is 17.2. The van der Waals surface area contributed by atoms with Crippen LogP contribution in [-0.2, 0) is 16.4 Å². The zero-order valence-corrected chi connectivity index (χ0v) is 23.0. The van der Waals surface area contributed by atoms with Crippen molar-refractivity contribution in [1.82, 2.24) is 9.47 Å². The summed E-state index contributed by atoms with van der Waals surface area (Å²) in [7, 11) is 0.690. The van der Waals surface area contributed by atoms with Gasteiger partial charge in [0.15, 0.2) is 9.84 Å². The first kappa shape index (κ1) is 28.6. The molecule has 0 aliphatic heterocycles. The maximum atomic E-state index is 13.5. The van der Waals surface area contributed by atoms with Gasteiger partial charge >= 0.3 is 6.18 Å². The Balaban J connectivity index is 1.56. The van der Waals surface area contributed by atoms with Gasteiger partial charge in [-0.25, -0.2) is 8.42 Å². The molecule has 1 aliphatic rings. The van der Waals surface area contributed by atoms with Crippen LogP contribution in [0.4, 0.5) is 24.5 Å². The Kier molecular flexibility index (Phi) is 8.37. The number of anilines is 2. The van der Waals surface area contributed by atoms with Crippen molar-refractivity contribution >= 4 is 32.1 Å². The highest BCUT2D eigenvalue weighted by atomic mass is 32.2. The second-order valence-corrected chi connectivity index (χ2v) is 12.2. The van der Waals surface area contributed by atoms with Crippen LogP contribution >= 0.6 is 0 Å². The van der Waals surface area contributed by atoms with Crippen LogP contribution in [0.3, 0.4) is 0 Å². The lowest BCUT2D eigenvalue weighted by Gasteiger charge is -2.33. The summed E-state index contributed by atoms with van der Waals surface area (Å²) in [5.74, 6) is 5.40. The van der Waals surface area contributed by atoms with Crippen LogP contribution in [0.15, 0.2) is 47.4 Å². The number of hydrogen-bond acceptors (Lipinski definition) is 6. The average Bonchev–Trinajstić information content (AvgIpc) is 3.19. The maximum Gasteiger partial charge on any atom is 0.406 e. The second kappa shape index (κ2) is 11.4. The highest BCUT2D eigenvalue weighted by Gasteiger charge is 2.30. The number of halogens is 3. The fraction of sp³-hybridized carbons (Fsp3) is 0.429. The van der Waals surface area contributed by atoms with Crippen molar-refractivity contribution < 1.29 is 26.7 Å². The normalized spacial score (nSPS) is 18.1. The predicted octanol–water partition coefficient (Wildman–Crippen LogP) is 5.06. The molecule has 0 amide bonds. The molecule has 0 spiro atoms. The zero-order valence-electron chi connectivity index (χ0n) is 22.1. The zero-order chi connectivity index (χ0) is 28.4. The molecule has 7 nitrogen and oxygen atoms in total. The summed E-state index contributed by atoms with van der Waals surface area (Å²) >= 11 is 0. The number of sulfone groups is 1. The lowest BCUT2D eigenvalue weighted by Crippen LogP contribution is -2.36. The summed E-state index contributed by atoms with van der Waals surface area (Å²) in [6.45, 7) is -1.14. The van der Waals surface area contributed by atoms with Gasteiger partial charge in [-0.2, -0.15) is 13.2 Å². The van der Waals surface area contributed by atoms with Gasteiger partial charge in [-0.3, -0.25) is 0 Å². The molecule has 0 bridgehead atoms. The molecular formula is C28H33F3N4O3S. The fourth-order valence-electron chi connectivity index (χ4n) is 4.99. The van der Waals surface area contributed by atoms with Crippen LogP contribution in [0.5, 0.6) is 5.75 Å². The molecule has 0 radical (unpaired) electrons. The highest BCUT2D eigenvalue weighted by molar-refractivity contribution is 7.90. The molecule has 0 unspecified atom stereocenters. The Morgan fingerprint density at radius 1 is 1.08 bits per heavy atom. The molecule has 1 saturated carbocycles. The smallest absolute Gasteiger partial charge is 0.406 e. The quantitative estimate of drug-likeness (QED) is 0.276. The van der Waals surface area contributed by atoms with Crippen LogP contribution in [0.25, 0.3) is 10.9 Å². The van der Waals surface area contributed by atoms with Gasteiger partial charge in [0.25, 0.3) is 0 Å². The van der Waals surface area contributed by atoms with Crippen molar-refractivity contribution in [3.05, 3.63) is 48.2 Å². The van der Waals surface area contributed by atoms with Gasteiger partial charge in [-0.15, -0.1) is 0 Å². The number of fused-ring (bicyclic) bond motifs is 1. The van der Waals surface area contributed by atoms with E-state index in [1.54, 1.807) is 18.2 Å². The number of alkyl halides is 3. The topological polar surface area (TPSA) is 86.6 Å². The van der Waals surface area contributed by atoms with E-state index in [4.69, 9.17) is 0 Å². The van der Waals surface area contributed by atoms with Gasteiger partial charge in [0.2, 0.25) is 0 Å². The minimum absolute atomic E-state index is 0.0246. The average molecular weight is 563 g/mol. The first-order valence-corrected chi connectivity index (χ1v) is 14.6. The number of benzene rings is 2. The van der Waals surface area contributed by atoms with Gasteiger partial charge < -0.3 is 25.2 Å². The summed E-state index contributed by atoms with van der Waals surface area (Å²) in [5.41, 5.74) is 1.73. The number of nitrogens with zero attached hydrogens (tertiary/aromatic N) is 2. The standard InChI is InChI=1S/C28H33F3N4O3S/c1-34(2)20-11-9-19(10-12-20)33-24-7-4-8-26-23(24)16-21(35(26)18-28(29,30)31)6-5-15-32-25-14-13-22(17-27(25)36)39(3,37)38/h4,7-8,13-14,16-17,19-20,32-33,36H,9-12,15,18H2,1-3H3/t19-,20+. The molecule has 39 heavy (non-hydrogen) atoms. The minimum Gasteiger partial charge on any atom is -0.506 e. The van der Waals surface area contributed by atoms with E-state index in [-0.39, 0.29) is 34.6 Å². The van der Waals surface area contributed by atoms with Crippen molar-refractivity contribution in [3.8, 4) is 17.6 Å². The van der Waals surface area contributed by atoms with E-state index in [1.807, 2.05) is 6.07 Å². The molecule has 0 atom stereocenters. The third-order valence-electron chi connectivity index (χ3n) is 7.05. The molecular weight excluding hydrogens is 529 g/mol. The monoisotopic (exact) mass is 562 g/mol. The van der Waals surface area contributed by atoms with Crippen molar-refractivity contribution in [2.45, 2.75) is 55.4 Å². The number of hydrogen-bond donors (Lipinski definition) is 3. The molecule has 3 aromatic rings. The fourth-order valence-corrected chi connectivity index (χ4v) is 5.63. The van der Waals surface area contributed by atoms with Gasteiger partial charge in [-0.05, 0) is 76.0 Å².